The molecule has 1 aliphatic rings. The highest BCUT2D eigenvalue weighted by Gasteiger charge is 2.40. The minimum atomic E-state index is -5.08. The number of hydrogen-bond acceptors (Lipinski definition) is 7. The fourth-order valence-electron chi connectivity index (χ4n) is 4.75. The third-order valence-corrected chi connectivity index (χ3v) is 7.61. The second-order valence-corrected chi connectivity index (χ2v) is 11.3. The number of nitrogens with two attached hydrogens (primary N) is 1. The second-order valence-electron chi connectivity index (χ2n) is 11.3. The van der Waals surface area contributed by atoms with E-state index in [1.807, 2.05) is 62.4 Å². The molecular formula is C32H42F3N5O7. The number of alkyl halides is 3. The first-order chi connectivity index (χ1) is 22.0. The van der Waals surface area contributed by atoms with Crippen LogP contribution in [0.1, 0.15) is 39.2 Å². The molecule has 0 bridgehead atoms. The lowest BCUT2D eigenvalue weighted by Crippen LogP contribution is -2.58. The normalized spacial score (nSPS) is 16.3. The SMILES string of the molecule is CN[C@@H](C)C(=O)N[C@H](C(=O)N1CCC[C@H]1C(=O)N[C@@H](Cc1ccc(-c2ccc(OC)cc2)cc1)C(N)=O)C(C)C.O=C(O)C(F)(F)F. The molecule has 47 heavy (non-hydrogen) atoms. The van der Waals surface area contributed by atoms with Crippen molar-refractivity contribution >= 4 is 29.6 Å². The number of ether oxygens (including phenoxy) is 1. The number of likely N-dealkylation sites (N-methyl/N-ethyl adjacent to an activating group) is 1. The highest BCUT2D eigenvalue weighted by molar-refractivity contribution is 5.95. The molecule has 2 aromatic carbocycles. The molecule has 1 heterocycles. The number of benzene rings is 2. The summed E-state index contributed by atoms with van der Waals surface area (Å²) in [5.41, 5.74) is 8.52. The van der Waals surface area contributed by atoms with Gasteiger partial charge in [-0.1, -0.05) is 50.2 Å². The lowest BCUT2D eigenvalue weighted by atomic mass is 9.99. The van der Waals surface area contributed by atoms with Crippen LogP contribution in [0.25, 0.3) is 11.1 Å². The molecule has 2 aromatic rings. The largest absolute Gasteiger partial charge is 0.497 e. The minimum absolute atomic E-state index is 0.177. The van der Waals surface area contributed by atoms with E-state index in [0.717, 1.165) is 22.4 Å². The van der Waals surface area contributed by atoms with Gasteiger partial charge in [-0.05, 0) is 61.6 Å². The maximum absolute atomic E-state index is 13.5. The van der Waals surface area contributed by atoms with Gasteiger partial charge in [0.25, 0.3) is 0 Å². The van der Waals surface area contributed by atoms with Gasteiger partial charge in [-0.15, -0.1) is 0 Å². The van der Waals surface area contributed by atoms with Crippen molar-refractivity contribution < 1.29 is 47.0 Å². The first-order valence-electron chi connectivity index (χ1n) is 14.9. The molecule has 0 aliphatic carbocycles. The van der Waals surface area contributed by atoms with Crippen LogP contribution in [0.3, 0.4) is 0 Å². The van der Waals surface area contributed by atoms with Crippen molar-refractivity contribution in [3.8, 4) is 16.9 Å². The Balaban J connectivity index is 0.000000984. The first-order valence-corrected chi connectivity index (χ1v) is 14.9. The Morgan fingerprint density at radius 3 is 1.96 bits per heavy atom. The van der Waals surface area contributed by atoms with E-state index in [2.05, 4.69) is 16.0 Å². The molecule has 1 saturated heterocycles. The van der Waals surface area contributed by atoms with Gasteiger partial charge in [-0.3, -0.25) is 19.2 Å². The Labute approximate surface area is 271 Å². The van der Waals surface area contributed by atoms with Crippen molar-refractivity contribution in [1.82, 2.24) is 20.9 Å². The number of nitrogens with zero attached hydrogens (tertiary/aromatic N) is 1. The van der Waals surface area contributed by atoms with E-state index in [-0.39, 0.29) is 24.2 Å². The zero-order valence-electron chi connectivity index (χ0n) is 26.9. The van der Waals surface area contributed by atoms with Gasteiger partial charge in [0.2, 0.25) is 23.6 Å². The predicted octanol–water partition coefficient (Wildman–Crippen LogP) is 2.25. The van der Waals surface area contributed by atoms with Crippen molar-refractivity contribution in [3.05, 3.63) is 54.1 Å². The standard InChI is InChI=1S/C30H41N5O5.C2HF3O2/c1-18(2)26(34-28(37)19(3)32-4)30(39)35-16-6-7-25(35)29(38)33-24(27(31)36)17-20-8-10-21(11-9-20)22-12-14-23(40-5)15-13-22;3-2(4,5)1(6)7/h8-15,18-19,24-26,32H,6-7,16-17H2,1-5H3,(H2,31,36)(H,33,38)(H,34,37);(H,6,7)/t19-,24-,25-,26-;/m0./s1. The fourth-order valence-corrected chi connectivity index (χ4v) is 4.75. The number of halogens is 3. The summed E-state index contributed by atoms with van der Waals surface area (Å²) < 4.78 is 36.9. The average Bonchev–Trinajstić information content (AvgIpc) is 3.53. The molecule has 0 radical (unpaired) electrons. The monoisotopic (exact) mass is 665 g/mol. The lowest BCUT2D eigenvalue weighted by Gasteiger charge is -2.31. The summed E-state index contributed by atoms with van der Waals surface area (Å²) in [6, 6.07) is 12.5. The number of primary amides is 1. The van der Waals surface area contributed by atoms with Gasteiger partial charge < -0.3 is 36.4 Å². The Hall–Kier alpha value is -4.66. The predicted molar refractivity (Wildman–Crippen MR) is 167 cm³/mol. The molecule has 12 nitrogen and oxygen atoms in total. The highest BCUT2D eigenvalue weighted by Crippen LogP contribution is 2.24. The molecule has 0 aromatic heterocycles. The van der Waals surface area contributed by atoms with Gasteiger partial charge in [-0.25, -0.2) is 4.79 Å². The molecule has 15 heteroatoms. The number of carboxylic acids is 1. The van der Waals surface area contributed by atoms with E-state index in [9.17, 15) is 32.3 Å². The van der Waals surface area contributed by atoms with Crippen LogP contribution in [-0.4, -0.2) is 90.7 Å². The van der Waals surface area contributed by atoms with E-state index >= 15 is 0 Å². The van der Waals surface area contributed by atoms with Crippen LogP contribution in [0.2, 0.25) is 0 Å². The summed E-state index contributed by atoms with van der Waals surface area (Å²) >= 11 is 0. The van der Waals surface area contributed by atoms with Crippen LogP contribution >= 0.6 is 0 Å². The average molecular weight is 666 g/mol. The molecule has 4 atom stereocenters. The van der Waals surface area contributed by atoms with E-state index in [1.165, 1.54) is 4.90 Å². The molecular weight excluding hydrogens is 623 g/mol. The molecule has 1 aliphatic heterocycles. The van der Waals surface area contributed by atoms with Gasteiger partial charge in [0, 0.05) is 13.0 Å². The zero-order valence-corrected chi connectivity index (χ0v) is 26.9. The summed E-state index contributed by atoms with van der Waals surface area (Å²) in [7, 11) is 3.29. The van der Waals surface area contributed by atoms with Crippen LogP contribution in [0, 0.1) is 5.92 Å². The van der Waals surface area contributed by atoms with Gasteiger partial charge in [-0.2, -0.15) is 13.2 Å². The van der Waals surface area contributed by atoms with E-state index in [4.69, 9.17) is 20.4 Å². The lowest BCUT2D eigenvalue weighted by molar-refractivity contribution is -0.192. The number of likely N-dealkylation sites (tertiary alicyclic amines) is 1. The molecule has 0 unspecified atom stereocenters. The number of methoxy groups -OCH3 is 1. The number of nitrogens with one attached hydrogen (secondary N) is 3. The molecule has 3 rings (SSSR count). The number of carboxylic acid groups (broad SMARTS) is 1. The van der Waals surface area contributed by atoms with Crippen LogP contribution in [-0.2, 0) is 30.4 Å². The maximum Gasteiger partial charge on any atom is 0.490 e. The van der Waals surface area contributed by atoms with Crippen molar-refractivity contribution in [1.29, 1.82) is 0 Å². The number of rotatable bonds is 12. The third kappa shape index (κ3) is 11.3. The highest BCUT2D eigenvalue weighted by atomic mass is 19.4. The van der Waals surface area contributed by atoms with Crippen molar-refractivity contribution in [2.75, 3.05) is 20.7 Å². The molecule has 0 saturated carbocycles. The maximum atomic E-state index is 13.5. The zero-order chi connectivity index (χ0) is 35.5. The van der Waals surface area contributed by atoms with E-state index in [1.54, 1.807) is 21.1 Å². The van der Waals surface area contributed by atoms with E-state index < -0.39 is 48.1 Å². The Morgan fingerprint density at radius 1 is 0.979 bits per heavy atom. The molecule has 1 fully saturated rings. The van der Waals surface area contributed by atoms with Gasteiger partial charge >= 0.3 is 12.1 Å². The van der Waals surface area contributed by atoms with E-state index in [0.29, 0.717) is 19.4 Å². The number of hydrogen-bond donors (Lipinski definition) is 5. The summed E-state index contributed by atoms with van der Waals surface area (Å²) in [5.74, 6) is -3.85. The quantitative estimate of drug-likeness (QED) is 0.229. The Morgan fingerprint density at radius 2 is 1.51 bits per heavy atom. The molecule has 258 valence electrons. The second kappa shape index (κ2) is 17.3. The van der Waals surface area contributed by atoms with Crippen LogP contribution in [0.4, 0.5) is 13.2 Å². The summed E-state index contributed by atoms with van der Waals surface area (Å²) in [6.07, 6.45) is -3.76. The van der Waals surface area contributed by atoms with Crippen LogP contribution in [0.15, 0.2) is 48.5 Å². The minimum Gasteiger partial charge on any atom is -0.497 e. The number of carbonyl (C=O) groups is 5. The van der Waals surface area contributed by atoms with Crippen molar-refractivity contribution in [2.24, 2.45) is 11.7 Å². The summed E-state index contributed by atoms with van der Waals surface area (Å²) in [4.78, 5) is 61.9. The Kier molecular flexibility index (Phi) is 14.2. The van der Waals surface area contributed by atoms with Gasteiger partial charge in [0.1, 0.15) is 23.9 Å². The molecule has 0 spiro atoms. The third-order valence-electron chi connectivity index (χ3n) is 7.61. The van der Waals surface area contributed by atoms with Crippen molar-refractivity contribution in [3.63, 3.8) is 0 Å². The van der Waals surface area contributed by atoms with Crippen molar-refractivity contribution in [2.45, 2.75) is 70.4 Å². The topological polar surface area (TPSA) is 180 Å². The van der Waals surface area contributed by atoms with Gasteiger partial charge in [0.15, 0.2) is 0 Å². The van der Waals surface area contributed by atoms with Crippen LogP contribution in [0.5, 0.6) is 5.75 Å². The number of carbonyl (C=O) groups excluding carboxylic acids is 4. The smallest absolute Gasteiger partial charge is 0.490 e. The molecule has 6 N–H and O–H groups in total. The molecule has 4 amide bonds. The number of amides is 4. The van der Waals surface area contributed by atoms with Gasteiger partial charge in [0.05, 0.1) is 13.2 Å². The Bertz CT molecular complexity index is 1380. The number of aliphatic carboxylic acids is 1. The fraction of sp³-hybridized carbons (Fsp3) is 0.469. The summed E-state index contributed by atoms with van der Waals surface area (Å²) in [6.45, 7) is 5.80. The summed E-state index contributed by atoms with van der Waals surface area (Å²) in [5, 5.41) is 15.6. The van der Waals surface area contributed by atoms with Crippen LogP contribution < -0.4 is 26.4 Å². The first kappa shape index (κ1) is 38.5.